The molecule has 35 heavy (non-hydrogen) atoms. The largest absolute Gasteiger partial charge is 0.389 e. The zero-order valence-corrected chi connectivity index (χ0v) is 20.1. The third-order valence-electron chi connectivity index (χ3n) is 5.65. The number of aliphatic hydroxyl groups is 1. The Hall–Kier alpha value is -3.45. The van der Waals surface area contributed by atoms with Crippen LogP contribution in [0.5, 0.6) is 0 Å². The van der Waals surface area contributed by atoms with Gasteiger partial charge in [0, 0.05) is 48.7 Å². The van der Waals surface area contributed by atoms with Crippen LogP contribution in [0, 0.1) is 6.92 Å². The topological polar surface area (TPSA) is 133 Å². The highest BCUT2D eigenvalue weighted by atomic mass is 32.2. The summed E-state index contributed by atoms with van der Waals surface area (Å²) in [7, 11) is 1.57. The number of anilines is 3. The van der Waals surface area contributed by atoms with Crippen LogP contribution in [0.25, 0.3) is 5.52 Å². The predicted octanol–water partition coefficient (Wildman–Crippen LogP) is 2.29. The van der Waals surface area contributed by atoms with Crippen molar-refractivity contribution in [3.8, 4) is 0 Å². The number of aliphatic hydroxyl groups excluding tert-OH is 1. The van der Waals surface area contributed by atoms with E-state index in [4.69, 9.17) is 4.74 Å². The molecule has 1 aliphatic heterocycles. The lowest BCUT2D eigenvalue weighted by Crippen LogP contribution is -2.32. The van der Waals surface area contributed by atoms with Crippen LogP contribution in [-0.4, -0.2) is 79.7 Å². The molecular weight excluding hydrogens is 468 g/mol. The fourth-order valence-corrected chi connectivity index (χ4v) is 4.71. The number of carbonyl (C=O) groups excluding carboxylic acids is 1. The van der Waals surface area contributed by atoms with Gasteiger partial charge in [0.1, 0.15) is 5.52 Å². The number of nitrogens with zero attached hydrogens (tertiary/aromatic N) is 5. The molecule has 11 nitrogen and oxygen atoms in total. The van der Waals surface area contributed by atoms with Gasteiger partial charge in [-0.25, -0.2) is 9.50 Å². The number of hydrogen-bond acceptors (Lipinski definition) is 9. The molecule has 1 amide bonds. The van der Waals surface area contributed by atoms with Gasteiger partial charge in [0.15, 0.2) is 11.6 Å². The molecule has 2 atom stereocenters. The van der Waals surface area contributed by atoms with E-state index in [1.165, 1.54) is 11.8 Å². The molecule has 3 aromatic heterocycles. The first kappa shape index (κ1) is 23.3. The zero-order chi connectivity index (χ0) is 24.4. The van der Waals surface area contributed by atoms with E-state index >= 15 is 0 Å². The quantitative estimate of drug-likeness (QED) is 0.291. The molecule has 0 unspecified atom stereocenters. The minimum atomic E-state index is -0.573. The van der Waals surface area contributed by atoms with E-state index in [1.807, 2.05) is 60.5 Å². The van der Waals surface area contributed by atoms with E-state index in [9.17, 15) is 9.90 Å². The van der Waals surface area contributed by atoms with E-state index in [0.29, 0.717) is 35.6 Å². The van der Waals surface area contributed by atoms with Gasteiger partial charge in [-0.05, 0) is 55.1 Å². The number of rotatable bonds is 8. The number of amides is 1. The molecule has 0 aliphatic carbocycles. The van der Waals surface area contributed by atoms with Gasteiger partial charge in [0.25, 0.3) is 0 Å². The van der Waals surface area contributed by atoms with Gasteiger partial charge in [-0.3, -0.25) is 14.8 Å². The number of β-amino-alcohol motifs (C(OH)–C–C–N with tert-alkyl or cyclic N) is 1. The second-order valence-corrected chi connectivity index (χ2v) is 9.39. The summed E-state index contributed by atoms with van der Waals surface area (Å²) in [5.74, 6) is 1.20. The van der Waals surface area contributed by atoms with E-state index in [2.05, 4.69) is 30.9 Å². The summed E-state index contributed by atoms with van der Waals surface area (Å²) in [5.41, 5.74) is 2.49. The lowest BCUT2D eigenvalue weighted by atomic mass is 10.3. The van der Waals surface area contributed by atoms with Crippen LogP contribution in [0.2, 0.25) is 0 Å². The highest BCUT2D eigenvalue weighted by molar-refractivity contribution is 7.99. The average molecular weight is 495 g/mol. The van der Waals surface area contributed by atoms with Gasteiger partial charge in [0.05, 0.1) is 18.8 Å². The van der Waals surface area contributed by atoms with Crippen molar-refractivity contribution in [2.75, 3.05) is 37.4 Å². The molecule has 0 radical (unpaired) electrons. The summed E-state index contributed by atoms with van der Waals surface area (Å²) in [6.07, 6.45) is 1.04. The summed E-state index contributed by atoms with van der Waals surface area (Å²) in [4.78, 5) is 19.9. The second kappa shape index (κ2) is 10.0. The molecule has 0 spiro atoms. The number of benzene rings is 1. The Morgan fingerprint density at radius 2 is 2.11 bits per heavy atom. The van der Waals surface area contributed by atoms with Gasteiger partial charge in [-0.15, -0.1) is 5.10 Å². The minimum Gasteiger partial charge on any atom is -0.389 e. The lowest BCUT2D eigenvalue weighted by molar-refractivity contribution is -0.117. The number of aromatic nitrogens is 5. The van der Waals surface area contributed by atoms with Crippen LogP contribution < -0.4 is 10.6 Å². The van der Waals surface area contributed by atoms with Crippen molar-refractivity contribution in [3.05, 3.63) is 54.4 Å². The maximum absolute atomic E-state index is 12.4. The van der Waals surface area contributed by atoms with Crippen molar-refractivity contribution in [3.63, 3.8) is 0 Å². The molecule has 1 aromatic carbocycles. The molecule has 1 aliphatic rings. The van der Waals surface area contributed by atoms with E-state index in [-0.39, 0.29) is 18.6 Å². The number of methoxy groups -OCH3 is 1. The molecule has 0 bridgehead atoms. The molecule has 1 saturated heterocycles. The van der Waals surface area contributed by atoms with Gasteiger partial charge in [-0.1, -0.05) is 0 Å². The fraction of sp³-hybridized carbons (Fsp3) is 0.304. The standard InChI is InChI=1S/C23H26N8O3S/c1-14-10-20(28-27-14)25-22-17-4-3-9-31(17)29-23(26-22)35-16-7-5-15(6-8-16)24-21(33)13-30-11-18(32)19(12-30)34-2/h3-10,18-19,32H,11-13H2,1-2H3,(H,24,33)(H2,25,26,27,28,29)/t18-,19-/m1/s1. The van der Waals surface area contributed by atoms with Crippen LogP contribution >= 0.6 is 11.8 Å². The SMILES string of the molecule is CO[C@@H]1CN(CC(=O)Nc2ccc(Sc3nc(Nc4cc(C)[nH]n4)c4cccn4n3)cc2)C[C@H]1O. The van der Waals surface area contributed by atoms with Gasteiger partial charge < -0.3 is 20.5 Å². The average Bonchev–Trinajstić information content (AvgIpc) is 3.55. The fourth-order valence-electron chi connectivity index (χ4n) is 3.96. The number of hydrogen-bond donors (Lipinski definition) is 4. The summed E-state index contributed by atoms with van der Waals surface area (Å²) in [5, 5.41) is 28.4. The van der Waals surface area contributed by atoms with Crippen LogP contribution in [0.4, 0.5) is 17.3 Å². The van der Waals surface area contributed by atoms with Crippen molar-refractivity contribution < 1.29 is 14.6 Å². The summed E-state index contributed by atoms with van der Waals surface area (Å²) in [6.45, 7) is 3.09. The number of H-pyrrole nitrogens is 1. The predicted molar refractivity (Wildman–Crippen MR) is 132 cm³/mol. The first-order valence-electron chi connectivity index (χ1n) is 11.1. The molecule has 5 rings (SSSR count). The van der Waals surface area contributed by atoms with Crippen LogP contribution in [0.15, 0.2) is 58.7 Å². The Morgan fingerprint density at radius 3 is 2.83 bits per heavy atom. The van der Waals surface area contributed by atoms with E-state index < -0.39 is 6.10 Å². The number of aromatic amines is 1. The normalized spacial score (nSPS) is 18.3. The molecular formula is C23H26N8O3S. The Kier molecular flexibility index (Phi) is 6.68. The maximum atomic E-state index is 12.4. The first-order chi connectivity index (χ1) is 17.0. The van der Waals surface area contributed by atoms with E-state index in [1.54, 1.807) is 11.6 Å². The molecule has 0 saturated carbocycles. The lowest BCUT2D eigenvalue weighted by Gasteiger charge is -2.14. The van der Waals surface area contributed by atoms with E-state index in [0.717, 1.165) is 16.1 Å². The third-order valence-corrected chi connectivity index (χ3v) is 6.52. The first-order valence-corrected chi connectivity index (χ1v) is 11.9. The Balaban J connectivity index is 1.23. The monoisotopic (exact) mass is 494 g/mol. The van der Waals surface area contributed by atoms with Crippen molar-refractivity contribution >= 4 is 40.5 Å². The van der Waals surface area contributed by atoms with Crippen molar-refractivity contribution in [2.24, 2.45) is 0 Å². The van der Waals surface area contributed by atoms with Crippen LogP contribution in [0.1, 0.15) is 5.69 Å². The molecule has 182 valence electrons. The molecule has 1 fully saturated rings. The van der Waals surface area contributed by atoms with Gasteiger partial charge in [0.2, 0.25) is 11.1 Å². The van der Waals surface area contributed by atoms with Crippen molar-refractivity contribution in [1.82, 2.24) is 29.7 Å². The summed E-state index contributed by atoms with van der Waals surface area (Å²) in [6, 6.07) is 13.3. The summed E-state index contributed by atoms with van der Waals surface area (Å²) >= 11 is 1.42. The highest BCUT2D eigenvalue weighted by Crippen LogP contribution is 2.29. The zero-order valence-electron chi connectivity index (χ0n) is 19.3. The summed E-state index contributed by atoms with van der Waals surface area (Å²) < 4.78 is 7.00. The maximum Gasteiger partial charge on any atom is 0.238 e. The number of ether oxygens (including phenoxy) is 1. The Labute approximate surface area is 205 Å². The number of fused-ring (bicyclic) bond motifs is 1. The Morgan fingerprint density at radius 1 is 1.29 bits per heavy atom. The van der Waals surface area contributed by atoms with Crippen LogP contribution in [-0.2, 0) is 9.53 Å². The second-order valence-electron chi connectivity index (χ2n) is 8.35. The molecule has 4 heterocycles. The molecule has 4 aromatic rings. The van der Waals surface area contributed by atoms with Crippen molar-refractivity contribution in [1.29, 1.82) is 0 Å². The van der Waals surface area contributed by atoms with Gasteiger partial charge in [-0.2, -0.15) is 5.10 Å². The van der Waals surface area contributed by atoms with Crippen molar-refractivity contribution in [2.45, 2.75) is 29.2 Å². The molecule has 4 N–H and O–H groups in total. The third kappa shape index (κ3) is 5.46. The number of nitrogens with one attached hydrogen (secondary N) is 3. The van der Waals surface area contributed by atoms with Crippen LogP contribution in [0.3, 0.4) is 0 Å². The number of carbonyl (C=O) groups is 1. The minimum absolute atomic E-state index is 0.139. The smallest absolute Gasteiger partial charge is 0.238 e. The Bertz CT molecular complexity index is 1320. The van der Waals surface area contributed by atoms with Gasteiger partial charge >= 0.3 is 0 Å². The highest BCUT2D eigenvalue weighted by Gasteiger charge is 2.32. The number of aryl methyl sites for hydroxylation is 1. The molecule has 12 heteroatoms. The number of likely N-dealkylation sites (tertiary alicyclic amines) is 1.